The monoisotopic (exact) mass is 348 g/mol. The zero-order valence-corrected chi connectivity index (χ0v) is 14.6. The van der Waals surface area contributed by atoms with Crippen LogP contribution in [0.15, 0.2) is 53.4 Å². The summed E-state index contributed by atoms with van der Waals surface area (Å²) < 4.78 is 26.4. The molecule has 0 aliphatic heterocycles. The molecule has 0 atom stereocenters. The molecule has 0 spiro atoms. The molecule has 6 nitrogen and oxygen atoms in total. The molecular formula is C17H20N2O4S. The van der Waals surface area contributed by atoms with E-state index in [0.717, 1.165) is 5.56 Å². The second-order valence-corrected chi connectivity index (χ2v) is 7.17. The molecule has 0 saturated carbocycles. The van der Waals surface area contributed by atoms with Gasteiger partial charge in [-0.1, -0.05) is 17.7 Å². The number of hydrogen-bond acceptors (Lipinski definition) is 4. The highest BCUT2D eigenvalue weighted by Gasteiger charge is 2.21. The van der Waals surface area contributed by atoms with E-state index >= 15 is 0 Å². The van der Waals surface area contributed by atoms with Crippen LogP contribution in [-0.2, 0) is 14.9 Å². The first kappa shape index (κ1) is 18.0. The van der Waals surface area contributed by atoms with Gasteiger partial charge < -0.3 is 0 Å². The molecule has 0 aromatic heterocycles. The zero-order chi connectivity index (χ0) is 17.7. The van der Waals surface area contributed by atoms with Gasteiger partial charge in [0.2, 0.25) is 0 Å². The predicted octanol–water partition coefficient (Wildman–Crippen LogP) is 2.50. The number of benzene rings is 2. The predicted molar refractivity (Wildman–Crippen MR) is 92.3 cm³/mol. The normalized spacial score (nSPS) is 11.1. The molecule has 0 aliphatic rings. The summed E-state index contributed by atoms with van der Waals surface area (Å²) in [4.78, 5) is 16.8. The second kappa shape index (κ2) is 7.46. The van der Waals surface area contributed by atoms with Gasteiger partial charge in [0, 0.05) is 12.6 Å². The average molecular weight is 348 g/mol. The van der Waals surface area contributed by atoms with Gasteiger partial charge in [-0.15, -0.1) is 0 Å². The third-order valence-electron chi connectivity index (χ3n) is 3.48. The highest BCUT2D eigenvalue weighted by atomic mass is 32.2. The lowest BCUT2D eigenvalue weighted by Gasteiger charge is -2.20. The SMILES string of the molecule is CCONC(=O)c1ccc(N(C)S(=O)(=O)c2ccc(C)cc2)cc1. The first-order valence-corrected chi connectivity index (χ1v) is 8.88. The molecule has 24 heavy (non-hydrogen) atoms. The Balaban J connectivity index is 2.21. The smallest absolute Gasteiger partial charge is 0.274 e. The highest BCUT2D eigenvalue weighted by Crippen LogP contribution is 2.22. The topological polar surface area (TPSA) is 75.7 Å². The van der Waals surface area contributed by atoms with Gasteiger partial charge >= 0.3 is 0 Å². The summed E-state index contributed by atoms with van der Waals surface area (Å²) in [5, 5.41) is 0. The van der Waals surface area contributed by atoms with Crippen LogP contribution in [0.2, 0.25) is 0 Å². The minimum absolute atomic E-state index is 0.216. The van der Waals surface area contributed by atoms with Crippen LogP contribution in [0.1, 0.15) is 22.8 Å². The molecule has 1 amide bonds. The lowest BCUT2D eigenvalue weighted by molar-refractivity contribution is 0.0364. The van der Waals surface area contributed by atoms with Crippen LogP contribution < -0.4 is 9.79 Å². The number of carbonyl (C=O) groups excluding carboxylic acids is 1. The summed E-state index contributed by atoms with van der Waals surface area (Å²) in [5.74, 6) is -0.382. The maximum atomic E-state index is 12.6. The largest absolute Gasteiger partial charge is 0.274 e. The molecule has 2 aromatic rings. The third kappa shape index (κ3) is 3.93. The minimum atomic E-state index is -3.65. The maximum Gasteiger partial charge on any atom is 0.274 e. The summed E-state index contributed by atoms with van der Waals surface area (Å²) >= 11 is 0. The summed E-state index contributed by atoms with van der Waals surface area (Å²) in [6.45, 7) is 4.02. The molecule has 2 aromatic carbocycles. The van der Waals surface area contributed by atoms with Gasteiger partial charge in [-0.25, -0.2) is 13.9 Å². The third-order valence-corrected chi connectivity index (χ3v) is 5.28. The lowest BCUT2D eigenvalue weighted by atomic mass is 10.2. The molecule has 1 N–H and O–H groups in total. The fraction of sp³-hybridized carbons (Fsp3) is 0.235. The van der Waals surface area contributed by atoms with Crippen molar-refractivity contribution < 1.29 is 18.0 Å². The number of nitrogens with zero attached hydrogens (tertiary/aromatic N) is 1. The van der Waals surface area contributed by atoms with Crippen molar-refractivity contribution in [3.8, 4) is 0 Å². The summed E-state index contributed by atoms with van der Waals surface area (Å²) in [7, 11) is -2.17. The van der Waals surface area contributed by atoms with Crippen molar-refractivity contribution in [3.05, 3.63) is 59.7 Å². The number of sulfonamides is 1. The summed E-state index contributed by atoms with van der Waals surface area (Å²) in [6, 6.07) is 12.9. The fourth-order valence-corrected chi connectivity index (χ4v) is 3.22. The fourth-order valence-electron chi connectivity index (χ4n) is 2.03. The Morgan fingerprint density at radius 3 is 2.21 bits per heavy atom. The number of aryl methyl sites for hydroxylation is 1. The van der Waals surface area contributed by atoms with Gasteiger partial charge in [-0.3, -0.25) is 13.9 Å². The van der Waals surface area contributed by atoms with Crippen LogP contribution in [0.3, 0.4) is 0 Å². The molecule has 0 saturated heterocycles. The molecule has 0 radical (unpaired) electrons. The summed E-state index contributed by atoms with van der Waals surface area (Å²) in [5.41, 5.74) is 4.12. The highest BCUT2D eigenvalue weighted by molar-refractivity contribution is 7.92. The average Bonchev–Trinajstić information content (AvgIpc) is 2.59. The van der Waals surface area contributed by atoms with Crippen molar-refractivity contribution in [2.75, 3.05) is 18.0 Å². The number of nitrogens with one attached hydrogen (secondary N) is 1. The van der Waals surface area contributed by atoms with Crippen LogP contribution in [0.5, 0.6) is 0 Å². The van der Waals surface area contributed by atoms with E-state index in [4.69, 9.17) is 4.84 Å². The van der Waals surface area contributed by atoms with E-state index in [9.17, 15) is 13.2 Å². The first-order valence-electron chi connectivity index (χ1n) is 7.44. The first-order chi connectivity index (χ1) is 11.4. The van der Waals surface area contributed by atoms with E-state index in [-0.39, 0.29) is 10.8 Å². The van der Waals surface area contributed by atoms with Crippen LogP contribution in [0, 0.1) is 6.92 Å². The number of amides is 1. The number of hydrogen-bond donors (Lipinski definition) is 1. The molecule has 0 aliphatic carbocycles. The minimum Gasteiger partial charge on any atom is -0.274 e. The number of anilines is 1. The molecule has 0 heterocycles. The Morgan fingerprint density at radius 2 is 1.67 bits per heavy atom. The van der Waals surface area contributed by atoms with E-state index in [1.165, 1.54) is 11.4 Å². The van der Waals surface area contributed by atoms with Crippen molar-refractivity contribution in [3.63, 3.8) is 0 Å². The molecule has 0 bridgehead atoms. The van der Waals surface area contributed by atoms with Crippen LogP contribution in [-0.4, -0.2) is 28.0 Å². The molecule has 128 valence electrons. The number of carbonyl (C=O) groups is 1. The van der Waals surface area contributed by atoms with Crippen molar-refractivity contribution in [2.45, 2.75) is 18.7 Å². The molecular weight excluding hydrogens is 328 g/mol. The zero-order valence-electron chi connectivity index (χ0n) is 13.8. The van der Waals surface area contributed by atoms with Gasteiger partial charge in [0.15, 0.2) is 0 Å². The quantitative estimate of drug-likeness (QED) is 0.814. The molecule has 2 rings (SSSR count). The second-order valence-electron chi connectivity index (χ2n) is 5.20. The van der Waals surface area contributed by atoms with E-state index < -0.39 is 10.0 Å². The van der Waals surface area contributed by atoms with Crippen LogP contribution >= 0.6 is 0 Å². The van der Waals surface area contributed by atoms with Gasteiger partial charge in [-0.2, -0.15) is 0 Å². The Kier molecular flexibility index (Phi) is 5.58. The Labute approximate surface area is 142 Å². The number of hydroxylamine groups is 1. The van der Waals surface area contributed by atoms with Gasteiger partial charge in [0.1, 0.15) is 0 Å². The maximum absolute atomic E-state index is 12.6. The lowest BCUT2D eigenvalue weighted by Crippen LogP contribution is -2.27. The van der Waals surface area contributed by atoms with Crippen molar-refractivity contribution in [1.82, 2.24) is 5.48 Å². The van der Waals surface area contributed by atoms with Gasteiger partial charge in [0.05, 0.1) is 17.2 Å². The number of rotatable bonds is 6. The van der Waals surface area contributed by atoms with Gasteiger partial charge in [-0.05, 0) is 50.2 Å². The standard InChI is InChI=1S/C17H20N2O4S/c1-4-23-18-17(20)14-7-9-15(10-8-14)19(3)24(21,22)16-11-5-13(2)6-12-16/h5-12H,4H2,1-3H3,(H,18,20). The van der Waals surface area contributed by atoms with Gasteiger partial charge in [0.25, 0.3) is 15.9 Å². The Bertz CT molecular complexity index is 799. The Morgan fingerprint density at radius 1 is 1.08 bits per heavy atom. The molecule has 7 heteroatoms. The Hall–Kier alpha value is -2.38. The van der Waals surface area contributed by atoms with E-state index in [1.807, 2.05) is 6.92 Å². The molecule has 0 fully saturated rings. The summed E-state index contributed by atoms with van der Waals surface area (Å²) in [6.07, 6.45) is 0. The van der Waals surface area contributed by atoms with Crippen LogP contribution in [0.25, 0.3) is 0 Å². The molecule has 0 unspecified atom stereocenters. The van der Waals surface area contributed by atoms with E-state index in [1.54, 1.807) is 55.5 Å². The van der Waals surface area contributed by atoms with E-state index in [2.05, 4.69) is 5.48 Å². The van der Waals surface area contributed by atoms with E-state index in [0.29, 0.717) is 17.9 Å². The van der Waals surface area contributed by atoms with Crippen LogP contribution in [0.4, 0.5) is 5.69 Å². The van der Waals surface area contributed by atoms with Crippen molar-refractivity contribution in [1.29, 1.82) is 0 Å². The van der Waals surface area contributed by atoms with Crippen molar-refractivity contribution >= 4 is 21.6 Å². The van der Waals surface area contributed by atoms with Crippen molar-refractivity contribution in [2.24, 2.45) is 0 Å².